The molecule has 0 atom stereocenters. The Hall–Kier alpha value is -6.85. The van der Waals surface area contributed by atoms with Gasteiger partial charge in [-0.3, -0.25) is 9.89 Å². The molecule has 2 aliphatic heterocycles. The van der Waals surface area contributed by atoms with Gasteiger partial charge < -0.3 is 4.90 Å². The number of hydrogen-bond donors (Lipinski definition) is 0. The molecule has 0 saturated heterocycles. The van der Waals surface area contributed by atoms with E-state index in [2.05, 4.69) is 224 Å². The van der Waals surface area contributed by atoms with Gasteiger partial charge in [0.15, 0.2) is 0 Å². The molecule has 0 bridgehead atoms. The minimum Gasteiger partial charge on any atom is -0.310 e. The number of aromatic nitrogens is 2. The summed E-state index contributed by atoms with van der Waals surface area (Å²) in [5.41, 5.74) is 18.1. The number of amidine groups is 1. The van der Waals surface area contributed by atoms with E-state index in [1.54, 1.807) is 6.33 Å². The van der Waals surface area contributed by atoms with Crippen molar-refractivity contribution in [1.82, 2.24) is 9.97 Å². The molecule has 1 aliphatic carbocycles. The number of hydrogen-bond acceptors (Lipinski definition) is 5. The van der Waals surface area contributed by atoms with Gasteiger partial charge >= 0.3 is 0 Å². The molecule has 5 heteroatoms. The van der Waals surface area contributed by atoms with Crippen LogP contribution in [-0.2, 0) is 21.8 Å². The van der Waals surface area contributed by atoms with Crippen LogP contribution in [0.25, 0.3) is 33.0 Å². The Kier molecular flexibility index (Phi) is 8.41. The first-order valence-electron chi connectivity index (χ1n) is 22.3. The summed E-state index contributed by atoms with van der Waals surface area (Å²) in [6.45, 7) is 20.4. The molecule has 3 heterocycles. The van der Waals surface area contributed by atoms with E-state index in [-0.39, 0.29) is 16.2 Å². The van der Waals surface area contributed by atoms with E-state index in [0.29, 0.717) is 0 Å². The highest BCUT2D eigenvalue weighted by Crippen LogP contribution is 2.54. The second kappa shape index (κ2) is 13.6. The highest BCUT2D eigenvalue weighted by atomic mass is 15.3. The number of anilines is 5. The summed E-state index contributed by atoms with van der Waals surface area (Å²) >= 11 is 0. The molecule has 7 aromatic carbocycles. The molecule has 11 rings (SSSR count). The molecule has 1 aromatic heterocycles. The Bertz CT molecular complexity index is 3180. The molecule has 310 valence electrons. The van der Waals surface area contributed by atoms with Crippen molar-refractivity contribution in [2.24, 2.45) is 4.99 Å². The third-order valence-electron chi connectivity index (χ3n) is 14.0. The smallest absolute Gasteiger partial charge is 0.141 e. The van der Waals surface area contributed by atoms with E-state index >= 15 is 0 Å². The molecule has 0 fully saturated rings. The summed E-state index contributed by atoms with van der Waals surface area (Å²) in [5.74, 6) is 0.919. The number of rotatable bonds is 5. The average molecular weight is 820 g/mol. The van der Waals surface area contributed by atoms with Crippen molar-refractivity contribution in [2.75, 3.05) is 9.80 Å². The molecule has 0 unspecified atom stereocenters. The third kappa shape index (κ3) is 6.00. The van der Waals surface area contributed by atoms with Gasteiger partial charge in [0.05, 0.1) is 22.8 Å². The second-order valence-corrected chi connectivity index (χ2v) is 20.2. The monoisotopic (exact) mass is 819 g/mol. The van der Waals surface area contributed by atoms with E-state index in [4.69, 9.17) is 15.0 Å². The number of para-hydroxylation sites is 1. The van der Waals surface area contributed by atoms with Gasteiger partial charge in [0.25, 0.3) is 0 Å². The number of benzene rings is 7. The Morgan fingerprint density at radius 2 is 1.06 bits per heavy atom. The molecule has 0 saturated carbocycles. The summed E-state index contributed by atoms with van der Waals surface area (Å²) in [5, 5.41) is 2.35. The summed E-state index contributed by atoms with van der Waals surface area (Å²) in [7, 11) is 0. The van der Waals surface area contributed by atoms with Crippen LogP contribution in [0.2, 0.25) is 0 Å². The summed E-state index contributed by atoms with van der Waals surface area (Å²) in [6.07, 6.45) is 1.71. The van der Waals surface area contributed by atoms with Gasteiger partial charge in [0, 0.05) is 33.5 Å². The van der Waals surface area contributed by atoms with Crippen molar-refractivity contribution in [3.05, 3.63) is 197 Å². The van der Waals surface area contributed by atoms with E-state index in [1.807, 2.05) is 0 Å². The Labute approximate surface area is 371 Å². The van der Waals surface area contributed by atoms with Crippen LogP contribution in [-0.4, -0.2) is 15.8 Å². The standard InChI is InChI=1S/C58H53N5/c1-55(2,3)41-24-28-43(29-25-41)62(44-30-31-46-45-14-10-11-15-47(45)56(4,5)49(46)34-44)42-26-22-36(23-27-42)37-18-19-39-33-40(21-20-38(39)32-37)54-61-58(8,9)53-51-52(59-35-60-53)57(6,7)48-16-12-13-17-50(48)63(51)54/h10-35H,1-9H3. The third-order valence-corrected chi connectivity index (χ3v) is 14.0. The molecule has 8 aromatic rings. The first-order valence-corrected chi connectivity index (χ1v) is 22.3. The molecule has 3 aliphatic rings. The van der Waals surface area contributed by atoms with Crippen molar-refractivity contribution in [3.8, 4) is 22.3 Å². The first-order chi connectivity index (χ1) is 30.1. The minimum absolute atomic E-state index is 0.0689. The molecule has 63 heavy (non-hydrogen) atoms. The number of fused-ring (bicyclic) bond motifs is 6. The number of nitrogens with zero attached hydrogens (tertiary/aromatic N) is 5. The quantitative estimate of drug-likeness (QED) is 0.173. The molecule has 0 radical (unpaired) electrons. The fraction of sp³-hybridized carbons (Fsp3) is 0.224. The fourth-order valence-corrected chi connectivity index (χ4v) is 10.5. The Morgan fingerprint density at radius 1 is 0.492 bits per heavy atom. The molecule has 0 N–H and O–H groups in total. The summed E-state index contributed by atoms with van der Waals surface area (Å²) in [4.78, 5) is 19.9. The van der Waals surface area contributed by atoms with Crippen LogP contribution >= 0.6 is 0 Å². The van der Waals surface area contributed by atoms with E-state index in [0.717, 1.165) is 51.2 Å². The molecule has 5 nitrogen and oxygen atoms in total. The lowest BCUT2D eigenvalue weighted by Crippen LogP contribution is -2.44. The van der Waals surface area contributed by atoms with Gasteiger partial charge in [-0.05, 0) is 143 Å². The highest BCUT2D eigenvalue weighted by molar-refractivity contribution is 6.18. The van der Waals surface area contributed by atoms with Gasteiger partial charge in [0.1, 0.15) is 17.7 Å². The molecular formula is C58H53N5. The molecule has 0 spiro atoms. The van der Waals surface area contributed by atoms with Crippen LogP contribution in [0.4, 0.5) is 28.4 Å². The lowest BCUT2D eigenvalue weighted by molar-refractivity contribution is 0.516. The zero-order chi connectivity index (χ0) is 43.6. The topological polar surface area (TPSA) is 44.6 Å². The lowest BCUT2D eigenvalue weighted by Gasteiger charge is -2.46. The van der Waals surface area contributed by atoms with E-state index < -0.39 is 5.54 Å². The zero-order valence-corrected chi connectivity index (χ0v) is 37.7. The molecule has 0 amide bonds. The van der Waals surface area contributed by atoms with Gasteiger partial charge in [-0.2, -0.15) is 0 Å². The van der Waals surface area contributed by atoms with Gasteiger partial charge in [-0.25, -0.2) is 9.97 Å². The molecular weight excluding hydrogens is 767 g/mol. The maximum Gasteiger partial charge on any atom is 0.141 e. The SMILES string of the molecule is CC(C)(C)c1ccc(N(c2ccc(-c3ccc4cc(C5=NC(C)(C)c6ncnc7c6N5c5ccccc5C7(C)C)ccc4c3)cc2)c2ccc3c(c2)C(C)(C)c2ccccc2-3)cc1. The average Bonchev–Trinajstić information content (AvgIpc) is 3.51. The summed E-state index contributed by atoms with van der Waals surface area (Å²) < 4.78 is 0. The Morgan fingerprint density at radius 3 is 1.78 bits per heavy atom. The van der Waals surface area contributed by atoms with Gasteiger partial charge in [-0.15, -0.1) is 0 Å². The second-order valence-electron chi connectivity index (χ2n) is 20.2. The Balaban J connectivity index is 0.949. The summed E-state index contributed by atoms with van der Waals surface area (Å²) in [6, 6.07) is 56.3. The van der Waals surface area contributed by atoms with Crippen LogP contribution in [0, 0.1) is 0 Å². The van der Waals surface area contributed by atoms with Crippen molar-refractivity contribution in [3.63, 3.8) is 0 Å². The minimum atomic E-state index is -0.527. The maximum atomic E-state index is 5.43. The predicted molar refractivity (Wildman–Crippen MR) is 263 cm³/mol. The largest absolute Gasteiger partial charge is 0.310 e. The normalized spacial score (nSPS) is 16.1. The highest BCUT2D eigenvalue weighted by Gasteiger charge is 2.46. The first kappa shape index (κ1) is 39.0. The van der Waals surface area contributed by atoms with E-state index in [9.17, 15) is 0 Å². The van der Waals surface area contributed by atoms with Crippen molar-refractivity contribution in [2.45, 2.75) is 84.1 Å². The van der Waals surface area contributed by atoms with Crippen LogP contribution in [0.1, 0.15) is 102 Å². The van der Waals surface area contributed by atoms with Gasteiger partial charge in [-0.1, -0.05) is 132 Å². The fourth-order valence-electron chi connectivity index (χ4n) is 10.5. The lowest BCUT2D eigenvalue weighted by atomic mass is 9.74. The van der Waals surface area contributed by atoms with Gasteiger partial charge in [0.2, 0.25) is 0 Å². The van der Waals surface area contributed by atoms with E-state index in [1.165, 1.54) is 55.3 Å². The van der Waals surface area contributed by atoms with Crippen LogP contribution in [0.3, 0.4) is 0 Å². The van der Waals surface area contributed by atoms with Crippen LogP contribution < -0.4 is 9.80 Å². The maximum absolute atomic E-state index is 5.43. The van der Waals surface area contributed by atoms with Crippen LogP contribution in [0.15, 0.2) is 163 Å². The van der Waals surface area contributed by atoms with Crippen molar-refractivity contribution >= 4 is 45.0 Å². The van der Waals surface area contributed by atoms with Crippen LogP contribution in [0.5, 0.6) is 0 Å². The van der Waals surface area contributed by atoms with Crippen molar-refractivity contribution in [1.29, 1.82) is 0 Å². The predicted octanol–water partition coefficient (Wildman–Crippen LogP) is 14.8. The number of aliphatic imine (C=N–C) groups is 1. The zero-order valence-electron chi connectivity index (χ0n) is 37.7. The van der Waals surface area contributed by atoms with Crippen molar-refractivity contribution < 1.29 is 0 Å².